The molecule has 2 amide bonds. The van der Waals surface area contributed by atoms with Crippen LogP contribution in [0.25, 0.3) is 0 Å². The summed E-state index contributed by atoms with van der Waals surface area (Å²) in [4.78, 5) is 23.4. The summed E-state index contributed by atoms with van der Waals surface area (Å²) in [6.07, 6.45) is 0.943. The third-order valence-corrected chi connectivity index (χ3v) is 3.00. The Kier molecular flexibility index (Phi) is 8.66. The van der Waals surface area contributed by atoms with Crippen LogP contribution in [-0.4, -0.2) is 23.9 Å². The molecule has 0 aliphatic rings. The van der Waals surface area contributed by atoms with Gasteiger partial charge in [0.2, 0.25) is 11.8 Å². The van der Waals surface area contributed by atoms with Crippen molar-refractivity contribution in [3.05, 3.63) is 35.9 Å². The van der Waals surface area contributed by atoms with E-state index in [0.29, 0.717) is 18.8 Å². The molecule has 5 N–H and O–H groups in total. The van der Waals surface area contributed by atoms with Crippen LogP contribution in [0.1, 0.15) is 25.8 Å². The first-order valence-corrected chi connectivity index (χ1v) is 6.79. The van der Waals surface area contributed by atoms with Gasteiger partial charge in [-0.25, -0.2) is 0 Å². The molecular formula is C15H24ClN3O2. The Labute approximate surface area is 131 Å². The Hall–Kier alpha value is -1.59. The van der Waals surface area contributed by atoms with Gasteiger partial charge in [-0.15, -0.1) is 12.4 Å². The smallest absolute Gasteiger partial charge is 0.240 e. The van der Waals surface area contributed by atoms with Gasteiger partial charge in [0.15, 0.2) is 0 Å². The fourth-order valence-corrected chi connectivity index (χ4v) is 1.97. The molecule has 0 fully saturated rings. The number of carbonyl (C=O) groups excluding carboxylic acids is 2. The predicted molar refractivity (Wildman–Crippen MR) is 85.9 cm³/mol. The van der Waals surface area contributed by atoms with Crippen LogP contribution in [0.5, 0.6) is 0 Å². The molecule has 0 radical (unpaired) electrons. The van der Waals surface area contributed by atoms with E-state index in [0.717, 1.165) is 5.56 Å². The number of hydrogen-bond donors (Lipinski definition) is 3. The van der Waals surface area contributed by atoms with Gasteiger partial charge in [-0.2, -0.15) is 0 Å². The molecule has 6 heteroatoms. The fourth-order valence-electron chi connectivity index (χ4n) is 1.97. The minimum absolute atomic E-state index is 0. The van der Waals surface area contributed by atoms with Crippen LogP contribution in [0, 0.1) is 5.92 Å². The lowest BCUT2D eigenvalue weighted by Gasteiger charge is -2.19. The molecule has 0 saturated heterocycles. The zero-order valence-corrected chi connectivity index (χ0v) is 13.2. The highest BCUT2D eigenvalue weighted by Gasteiger charge is 2.22. The largest absolute Gasteiger partial charge is 0.368 e. The zero-order chi connectivity index (χ0) is 15.1. The molecule has 1 aromatic rings. The molecule has 0 aromatic heterocycles. The van der Waals surface area contributed by atoms with Gasteiger partial charge in [-0.05, 0) is 17.9 Å². The Morgan fingerprint density at radius 2 is 1.76 bits per heavy atom. The first-order valence-electron chi connectivity index (χ1n) is 6.79. The van der Waals surface area contributed by atoms with Crippen LogP contribution in [-0.2, 0) is 16.0 Å². The van der Waals surface area contributed by atoms with Crippen molar-refractivity contribution < 1.29 is 9.59 Å². The fraction of sp³-hybridized carbons (Fsp3) is 0.467. The SMILES string of the molecule is CC(C)CC(N)C(=O)N[C@@H](Cc1ccccc1)C(N)=O.Cl. The van der Waals surface area contributed by atoms with Crippen LogP contribution in [0.4, 0.5) is 0 Å². The summed E-state index contributed by atoms with van der Waals surface area (Å²) in [6.45, 7) is 3.98. The van der Waals surface area contributed by atoms with Crippen LogP contribution < -0.4 is 16.8 Å². The number of nitrogens with two attached hydrogens (primary N) is 2. The monoisotopic (exact) mass is 313 g/mol. The second-order valence-electron chi connectivity index (χ2n) is 5.39. The second-order valence-corrected chi connectivity index (χ2v) is 5.39. The summed E-state index contributed by atoms with van der Waals surface area (Å²) in [5.41, 5.74) is 12.1. The van der Waals surface area contributed by atoms with Crippen molar-refractivity contribution in [1.29, 1.82) is 0 Å². The average molecular weight is 314 g/mol. The van der Waals surface area contributed by atoms with Crippen molar-refractivity contribution >= 4 is 24.2 Å². The maximum atomic E-state index is 11.9. The Bertz CT molecular complexity index is 451. The van der Waals surface area contributed by atoms with Crippen molar-refractivity contribution in [2.24, 2.45) is 17.4 Å². The lowest BCUT2D eigenvalue weighted by molar-refractivity contribution is -0.128. The van der Waals surface area contributed by atoms with E-state index in [1.807, 2.05) is 44.2 Å². The number of nitrogens with one attached hydrogen (secondary N) is 1. The summed E-state index contributed by atoms with van der Waals surface area (Å²) in [5, 5.41) is 2.63. The zero-order valence-electron chi connectivity index (χ0n) is 12.4. The normalized spacial score (nSPS) is 13.1. The summed E-state index contributed by atoms with van der Waals surface area (Å²) in [6, 6.07) is 8.06. The third-order valence-electron chi connectivity index (χ3n) is 3.00. The second kappa shape index (κ2) is 9.37. The molecule has 2 atom stereocenters. The number of carbonyl (C=O) groups is 2. The van der Waals surface area contributed by atoms with Crippen molar-refractivity contribution in [2.75, 3.05) is 0 Å². The topological polar surface area (TPSA) is 98.2 Å². The van der Waals surface area contributed by atoms with Crippen molar-refractivity contribution in [3.63, 3.8) is 0 Å². The van der Waals surface area contributed by atoms with Crippen molar-refractivity contribution in [1.82, 2.24) is 5.32 Å². The van der Waals surface area contributed by atoms with E-state index >= 15 is 0 Å². The highest BCUT2D eigenvalue weighted by atomic mass is 35.5. The van der Waals surface area contributed by atoms with Gasteiger partial charge in [-0.1, -0.05) is 44.2 Å². The summed E-state index contributed by atoms with van der Waals surface area (Å²) >= 11 is 0. The van der Waals surface area contributed by atoms with Gasteiger partial charge < -0.3 is 16.8 Å². The van der Waals surface area contributed by atoms with Crippen LogP contribution in [0.15, 0.2) is 30.3 Å². The Morgan fingerprint density at radius 3 is 2.24 bits per heavy atom. The molecule has 118 valence electrons. The quantitative estimate of drug-likeness (QED) is 0.700. The molecule has 0 heterocycles. The highest BCUT2D eigenvalue weighted by molar-refractivity contribution is 5.89. The maximum Gasteiger partial charge on any atom is 0.240 e. The summed E-state index contributed by atoms with van der Waals surface area (Å²) in [7, 11) is 0. The third kappa shape index (κ3) is 7.11. The Morgan fingerprint density at radius 1 is 1.19 bits per heavy atom. The first kappa shape index (κ1) is 19.4. The number of benzene rings is 1. The number of hydrogen-bond acceptors (Lipinski definition) is 3. The van der Waals surface area contributed by atoms with Gasteiger partial charge in [-0.3, -0.25) is 9.59 Å². The van der Waals surface area contributed by atoms with E-state index in [2.05, 4.69) is 5.32 Å². The number of halogens is 1. The van der Waals surface area contributed by atoms with Crippen LogP contribution >= 0.6 is 12.4 Å². The number of amides is 2. The minimum Gasteiger partial charge on any atom is -0.368 e. The average Bonchev–Trinajstić information content (AvgIpc) is 2.38. The molecule has 1 aromatic carbocycles. The molecule has 0 spiro atoms. The maximum absolute atomic E-state index is 11.9. The van der Waals surface area contributed by atoms with Gasteiger partial charge in [0.25, 0.3) is 0 Å². The summed E-state index contributed by atoms with van der Waals surface area (Å²) < 4.78 is 0. The van der Waals surface area contributed by atoms with E-state index in [1.54, 1.807) is 0 Å². The molecular weight excluding hydrogens is 290 g/mol. The molecule has 1 unspecified atom stereocenters. The first-order chi connectivity index (χ1) is 9.40. The lowest BCUT2D eigenvalue weighted by Crippen LogP contribution is -2.51. The molecule has 0 bridgehead atoms. The molecule has 5 nitrogen and oxygen atoms in total. The van der Waals surface area contributed by atoms with Gasteiger partial charge in [0, 0.05) is 6.42 Å². The van der Waals surface area contributed by atoms with Gasteiger partial charge >= 0.3 is 0 Å². The Balaban J connectivity index is 0.00000400. The molecule has 0 aliphatic heterocycles. The van der Waals surface area contributed by atoms with Gasteiger partial charge in [0.1, 0.15) is 6.04 Å². The predicted octanol–water partition coefficient (Wildman–Crippen LogP) is 0.994. The van der Waals surface area contributed by atoms with Crippen LogP contribution in [0.2, 0.25) is 0 Å². The number of rotatable bonds is 7. The summed E-state index contributed by atoms with van der Waals surface area (Å²) in [5.74, 6) is -0.575. The van der Waals surface area contributed by atoms with Crippen LogP contribution in [0.3, 0.4) is 0 Å². The van der Waals surface area contributed by atoms with Crippen molar-refractivity contribution in [2.45, 2.75) is 38.8 Å². The van der Waals surface area contributed by atoms with E-state index in [1.165, 1.54) is 0 Å². The standard InChI is InChI=1S/C15H23N3O2.ClH/c1-10(2)8-12(16)15(20)18-13(14(17)19)9-11-6-4-3-5-7-11;/h3-7,10,12-13H,8-9,16H2,1-2H3,(H2,17,19)(H,18,20);1H/t12?,13-;/m0./s1. The minimum atomic E-state index is -0.733. The van der Waals surface area contributed by atoms with Crippen molar-refractivity contribution in [3.8, 4) is 0 Å². The molecule has 0 saturated carbocycles. The number of primary amides is 1. The van der Waals surface area contributed by atoms with E-state index in [9.17, 15) is 9.59 Å². The molecule has 1 rings (SSSR count). The van der Waals surface area contributed by atoms with E-state index in [4.69, 9.17) is 11.5 Å². The van der Waals surface area contributed by atoms with Gasteiger partial charge in [0.05, 0.1) is 6.04 Å². The highest BCUT2D eigenvalue weighted by Crippen LogP contribution is 2.05. The van der Waals surface area contributed by atoms with E-state index in [-0.39, 0.29) is 18.3 Å². The molecule has 21 heavy (non-hydrogen) atoms. The lowest BCUT2D eigenvalue weighted by atomic mass is 10.0. The molecule has 0 aliphatic carbocycles. The van der Waals surface area contributed by atoms with E-state index < -0.39 is 18.0 Å².